The summed E-state index contributed by atoms with van der Waals surface area (Å²) in [6, 6.07) is 5.59. The van der Waals surface area contributed by atoms with Crippen LogP contribution in [0.15, 0.2) is 22.7 Å². The molecule has 3 aromatic rings. The molecule has 7 heteroatoms. The van der Waals surface area contributed by atoms with Gasteiger partial charge in [-0.25, -0.2) is 14.5 Å². The normalized spacial score (nSPS) is 16.6. The fraction of sp³-hybridized carbons (Fsp3) is 0.474. The number of hydrogen-bond donors (Lipinski definition) is 1. The Bertz CT molecular complexity index is 977. The monoisotopic (exact) mass is 353 g/mol. The second-order valence-electron chi connectivity index (χ2n) is 8.06. The van der Waals surface area contributed by atoms with E-state index in [9.17, 15) is 4.79 Å². The molecular weight excluding hydrogens is 330 g/mol. The molecule has 1 aliphatic rings. The lowest BCUT2D eigenvalue weighted by Crippen LogP contribution is -2.34. The molecule has 3 heterocycles. The molecule has 0 radical (unpaired) electrons. The van der Waals surface area contributed by atoms with Crippen LogP contribution < -0.4 is 5.32 Å². The number of nitrogens with zero attached hydrogens (tertiary/aromatic N) is 4. The van der Waals surface area contributed by atoms with E-state index in [2.05, 4.69) is 34.3 Å². The summed E-state index contributed by atoms with van der Waals surface area (Å²) in [5.74, 6) is 1.31. The van der Waals surface area contributed by atoms with Crippen LogP contribution in [-0.2, 0) is 4.79 Å². The molecule has 0 spiro atoms. The number of amides is 1. The van der Waals surface area contributed by atoms with Crippen LogP contribution in [0.5, 0.6) is 0 Å². The molecule has 0 atom stereocenters. The van der Waals surface area contributed by atoms with Crippen molar-refractivity contribution in [2.45, 2.75) is 47.0 Å². The molecular formula is C19H23N5O2. The minimum absolute atomic E-state index is 0.0324. The zero-order valence-corrected chi connectivity index (χ0v) is 15.5. The van der Waals surface area contributed by atoms with Gasteiger partial charge >= 0.3 is 0 Å². The van der Waals surface area contributed by atoms with Crippen LogP contribution >= 0.6 is 0 Å². The summed E-state index contributed by atoms with van der Waals surface area (Å²) in [6.45, 7) is 8.24. The van der Waals surface area contributed by atoms with Gasteiger partial charge in [0.15, 0.2) is 5.65 Å². The highest BCUT2D eigenvalue weighted by Gasteiger charge is 2.37. The molecule has 26 heavy (non-hydrogen) atoms. The van der Waals surface area contributed by atoms with E-state index in [-0.39, 0.29) is 5.91 Å². The van der Waals surface area contributed by atoms with Gasteiger partial charge in [0.1, 0.15) is 5.52 Å². The minimum atomic E-state index is -0.0324. The molecule has 1 fully saturated rings. The van der Waals surface area contributed by atoms with Crippen LogP contribution in [-0.4, -0.2) is 25.6 Å². The van der Waals surface area contributed by atoms with Crippen LogP contribution in [0.2, 0.25) is 0 Å². The molecule has 1 amide bonds. The van der Waals surface area contributed by atoms with Crippen LogP contribution in [0.1, 0.15) is 44.5 Å². The van der Waals surface area contributed by atoms with Crippen LogP contribution in [0.4, 0.5) is 5.95 Å². The largest absolute Gasteiger partial charge is 0.338 e. The Morgan fingerprint density at radius 1 is 1.27 bits per heavy atom. The molecule has 0 aromatic carbocycles. The number of rotatable bonds is 4. The molecule has 1 N–H and O–H groups in total. The van der Waals surface area contributed by atoms with E-state index in [0.717, 1.165) is 24.2 Å². The summed E-state index contributed by atoms with van der Waals surface area (Å²) in [4.78, 5) is 21.6. The van der Waals surface area contributed by atoms with Gasteiger partial charge in [0.25, 0.3) is 0 Å². The fourth-order valence-electron chi connectivity index (χ4n) is 3.89. The molecule has 136 valence electrons. The van der Waals surface area contributed by atoms with Crippen molar-refractivity contribution in [3.8, 4) is 5.88 Å². The van der Waals surface area contributed by atoms with E-state index in [4.69, 9.17) is 4.52 Å². The van der Waals surface area contributed by atoms with Gasteiger partial charge in [0.2, 0.25) is 17.7 Å². The van der Waals surface area contributed by atoms with Crippen molar-refractivity contribution >= 4 is 23.0 Å². The molecule has 4 rings (SSSR count). The molecule has 7 nitrogen and oxygen atoms in total. The van der Waals surface area contributed by atoms with Crippen molar-refractivity contribution in [1.29, 1.82) is 0 Å². The minimum Gasteiger partial charge on any atom is -0.338 e. The third-order valence-corrected chi connectivity index (χ3v) is 4.89. The smallest absolute Gasteiger partial charge is 0.240 e. The van der Waals surface area contributed by atoms with Gasteiger partial charge in [-0.05, 0) is 50.2 Å². The maximum Gasteiger partial charge on any atom is 0.240 e. The SMILES string of the molecule is Cc1cc(-n2c(NC(=O)CC3CC(C)(C)C3)nc3ccc(C)nc32)on1. The first-order valence-electron chi connectivity index (χ1n) is 8.90. The Kier molecular flexibility index (Phi) is 3.82. The average Bonchev–Trinajstić information content (AvgIpc) is 3.08. The highest BCUT2D eigenvalue weighted by Crippen LogP contribution is 2.46. The first kappa shape index (κ1) is 16.8. The average molecular weight is 353 g/mol. The Hall–Kier alpha value is -2.70. The van der Waals surface area contributed by atoms with Gasteiger partial charge in [0.05, 0.1) is 5.69 Å². The van der Waals surface area contributed by atoms with Gasteiger partial charge in [0, 0.05) is 18.2 Å². The van der Waals surface area contributed by atoms with Crippen LogP contribution in [0.3, 0.4) is 0 Å². The fourth-order valence-corrected chi connectivity index (χ4v) is 3.89. The lowest BCUT2D eigenvalue weighted by molar-refractivity contribution is -0.118. The number of nitrogens with one attached hydrogen (secondary N) is 1. The standard InChI is InChI=1S/C19H23N5O2/c1-11-5-6-14-17(20-11)24(16-7-12(2)23-26-16)18(21-14)22-15(25)8-13-9-19(3,4)10-13/h5-7,13H,8-10H2,1-4H3,(H,21,22,25). The number of carbonyl (C=O) groups is 1. The number of anilines is 1. The predicted molar refractivity (Wildman–Crippen MR) is 98.2 cm³/mol. The molecule has 0 saturated heterocycles. The second-order valence-corrected chi connectivity index (χ2v) is 8.06. The van der Waals surface area contributed by atoms with Gasteiger partial charge in [-0.15, -0.1) is 0 Å². The number of carbonyl (C=O) groups excluding carboxylic acids is 1. The van der Waals surface area contributed by atoms with E-state index >= 15 is 0 Å². The molecule has 3 aromatic heterocycles. The summed E-state index contributed by atoms with van der Waals surface area (Å²) in [6.07, 6.45) is 2.67. The maximum absolute atomic E-state index is 12.5. The van der Waals surface area contributed by atoms with E-state index in [1.807, 2.05) is 26.0 Å². The van der Waals surface area contributed by atoms with Gasteiger partial charge in [-0.3, -0.25) is 10.1 Å². The lowest BCUT2D eigenvalue weighted by atomic mass is 9.63. The van der Waals surface area contributed by atoms with E-state index in [1.165, 1.54) is 0 Å². The Morgan fingerprint density at radius 3 is 2.69 bits per heavy atom. The highest BCUT2D eigenvalue weighted by molar-refractivity contribution is 5.91. The summed E-state index contributed by atoms with van der Waals surface area (Å²) in [5.41, 5.74) is 3.32. The number of fused-ring (bicyclic) bond motifs is 1. The van der Waals surface area contributed by atoms with Gasteiger partial charge < -0.3 is 4.52 Å². The summed E-state index contributed by atoms with van der Waals surface area (Å²) in [7, 11) is 0. The topological polar surface area (TPSA) is 85.8 Å². The number of hydrogen-bond acceptors (Lipinski definition) is 5. The van der Waals surface area contributed by atoms with Crippen molar-refractivity contribution in [3.63, 3.8) is 0 Å². The van der Waals surface area contributed by atoms with Crippen molar-refractivity contribution in [3.05, 3.63) is 29.6 Å². The second kappa shape index (κ2) is 5.93. The Labute approximate surface area is 151 Å². The van der Waals surface area contributed by atoms with Crippen molar-refractivity contribution in [1.82, 2.24) is 19.7 Å². The Morgan fingerprint density at radius 2 is 2.04 bits per heavy atom. The van der Waals surface area contributed by atoms with E-state index < -0.39 is 0 Å². The van der Waals surface area contributed by atoms with Crippen molar-refractivity contribution in [2.24, 2.45) is 11.3 Å². The molecule has 1 aliphatic carbocycles. The van der Waals surface area contributed by atoms with Crippen LogP contribution in [0, 0.1) is 25.2 Å². The number of imidazole rings is 1. The number of pyridine rings is 1. The lowest BCUT2D eigenvalue weighted by Gasteiger charge is -2.42. The first-order chi connectivity index (χ1) is 12.3. The summed E-state index contributed by atoms with van der Waals surface area (Å²) >= 11 is 0. The van der Waals surface area contributed by atoms with Crippen LogP contribution in [0.25, 0.3) is 17.0 Å². The van der Waals surface area contributed by atoms with E-state index in [0.29, 0.717) is 40.8 Å². The maximum atomic E-state index is 12.5. The van der Waals surface area contributed by atoms with Crippen molar-refractivity contribution < 1.29 is 9.32 Å². The molecule has 0 aliphatic heterocycles. The van der Waals surface area contributed by atoms with E-state index in [1.54, 1.807) is 10.6 Å². The Balaban J connectivity index is 1.65. The third-order valence-electron chi connectivity index (χ3n) is 4.89. The van der Waals surface area contributed by atoms with Gasteiger partial charge in [-0.1, -0.05) is 19.0 Å². The zero-order chi connectivity index (χ0) is 18.5. The third kappa shape index (κ3) is 3.09. The highest BCUT2D eigenvalue weighted by atomic mass is 16.5. The quantitative estimate of drug-likeness (QED) is 0.771. The first-order valence-corrected chi connectivity index (χ1v) is 8.90. The zero-order valence-electron chi connectivity index (χ0n) is 15.5. The predicted octanol–water partition coefficient (Wildman–Crippen LogP) is 3.79. The molecule has 1 saturated carbocycles. The number of aromatic nitrogens is 4. The molecule has 0 unspecified atom stereocenters. The summed E-state index contributed by atoms with van der Waals surface area (Å²) < 4.78 is 7.11. The number of aryl methyl sites for hydroxylation is 2. The van der Waals surface area contributed by atoms with Crippen molar-refractivity contribution in [2.75, 3.05) is 5.32 Å². The van der Waals surface area contributed by atoms with Gasteiger partial charge in [-0.2, -0.15) is 0 Å². The molecule has 0 bridgehead atoms. The summed E-state index contributed by atoms with van der Waals surface area (Å²) in [5, 5.41) is 6.88.